The van der Waals surface area contributed by atoms with Crippen molar-refractivity contribution in [2.75, 3.05) is 31.6 Å². The van der Waals surface area contributed by atoms with Crippen LogP contribution in [0.1, 0.15) is 16.9 Å². The maximum Gasteiger partial charge on any atom is 0.273 e. The van der Waals surface area contributed by atoms with Crippen molar-refractivity contribution in [3.8, 4) is 0 Å². The first kappa shape index (κ1) is 16.4. The molecule has 1 atom stereocenters. The van der Waals surface area contributed by atoms with Gasteiger partial charge in [-0.3, -0.25) is 4.79 Å². The van der Waals surface area contributed by atoms with E-state index in [1.807, 2.05) is 4.90 Å². The number of halogens is 1. The second kappa shape index (κ2) is 6.20. The molecule has 1 fully saturated rings. The van der Waals surface area contributed by atoms with Crippen molar-refractivity contribution in [2.24, 2.45) is 7.05 Å². The fourth-order valence-corrected chi connectivity index (χ4v) is 2.97. The molecule has 0 aliphatic carbocycles. The van der Waals surface area contributed by atoms with Crippen molar-refractivity contribution in [1.82, 2.24) is 19.4 Å². The van der Waals surface area contributed by atoms with E-state index in [1.54, 1.807) is 37.3 Å². The van der Waals surface area contributed by atoms with Crippen LogP contribution in [0, 0.1) is 5.82 Å². The van der Waals surface area contributed by atoms with E-state index in [0.29, 0.717) is 31.0 Å². The number of carbonyl (C=O) groups excluding carboxylic acids is 1. The molecule has 2 aromatic heterocycles. The lowest BCUT2D eigenvalue weighted by Gasteiger charge is -2.28. The van der Waals surface area contributed by atoms with Crippen LogP contribution in [-0.4, -0.2) is 62.7 Å². The molecule has 0 radical (unpaired) electrons. The highest BCUT2D eigenvalue weighted by molar-refractivity contribution is 5.91. The highest BCUT2D eigenvalue weighted by Gasteiger charge is 2.38. The van der Waals surface area contributed by atoms with Crippen LogP contribution in [0.4, 0.5) is 10.2 Å². The van der Waals surface area contributed by atoms with Crippen molar-refractivity contribution in [3.05, 3.63) is 42.4 Å². The van der Waals surface area contributed by atoms with Crippen LogP contribution in [0.5, 0.6) is 0 Å². The van der Waals surface area contributed by atoms with Crippen LogP contribution < -0.4 is 4.90 Å². The van der Waals surface area contributed by atoms with Gasteiger partial charge in [0.05, 0.1) is 19.1 Å². The second-order valence-corrected chi connectivity index (χ2v) is 6.32. The zero-order valence-electron chi connectivity index (χ0n) is 13.7. The number of hydrogen-bond acceptors (Lipinski definition) is 5. The molecule has 1 N–H and O–H groups in total. The fourth-order valence-electron chi connectivity index (χ4n) is 2.97. The number of imidazole rings is 1. The molecule has 1 aliphatic rings. The number of rotatable bonds is 4. The molecule has 0 bridgehead atoms. The predicted molar refractivity (Wildman–Crippen MR) is 86.1 cm³/mol. The van der Waals surface area contributed by atoms with Gasteiger partial charge in [0.1, 0.15) is 22.9 Å². The third-order valence-corrected chi connectivity index (χ3v) is 4.17. The van der Waals surface area contributed by atoms with Crippen LogP contribution in [-0.2, 0) is 7.05 Å². The van der Waals surface area contributed by atoms with E-state index < -0.39 is 11.4 Å². The molecule has 0 aromatic carbocycles. The van der Waals surface area contributed by atoms with Gasteiger partial charge in [-0.25, -0.2) is 14.4 Å². The SMILES string of the molecule is CN(C[C@]1(O)CCN(c2ccc(F)cn2)C1)C(=O)c1cn(C)cn1. The summed E-state index contributed by atoms with van der Waals surface area (Å²) in [7, 11) is 3.44. The zero-order valence-corrected chi connectivity index (χ0v) is 13.7. The van der Waals surface area contributed by atoms with Crippen LogP contribution in [0.25, 0.3) is 0 Å². The minimum atomic E-state index is -1.03. The third-order valence-electron chi connectivity index (χ3n) is 4.17. The Kier molecular flexibility index (Phi) is 4.23. The fraction of sp³-hybridized carbons (Fsp3) is 0.438. The van der Waals surface area contributed by atoms with Crippen molar-refractivity contribution in [3.63, 3.8) is 0 Å². The van der Waals surface area contributed by atoms with Gasteiger partial charge in [-0.2, -0.15) is 0 Å². The first-order valence-corrected chi connectivity index (χ1v) is 7.69. The molecule has 0 saturated carbocycles. The smallest absolute Gasteiger partial charge is 0.273 e. The normalized spacial score (nSPS) is 20.4. The molecule has 1 aliphatic heterocycles. The van der Waals surface area contributed by atoms with E-state index in [4.69, 9.17) is 0 Å². The van der Waals surface area contributed by atoms with Crippen LogP contribution in [0.3, 0.4) is 0 Å². The quantitative estimate of drug-likeness (QED) is 0.890. The summed E-state index contributed by atoms with van der Waals surface area (Å²) in [6.07, 6.45) is 4.87. The number of likely N-dealkylation sites (N-methyl/N-ethyl adjacent to an activating group) is 1. The van der Waals surface area contributed by atoms with Crippen LogP contribution >= 0.6 is 0 Å². The molecule has 7 nitrogen and oxygen atoms in total. The van der Waals surface area contributed by atoms with E-state index in [1.165, 1.54) is 11.0 Å². The zero-order chi connectivity index (χ0) is 17.3. The Bertz CT molecular complexity index is 732. The Morgan fingerprint density at radius 2 is 2.25 bits per heavy atom. The van der Waals surface area contributed by atoms with Gasteiger partial charge in [-0.15, -0.1) is 0 Å². The molecule has 2 aromatic rings. The summed E-state index contributed by atoms with van der Waals surface area (Å²) in [6, 6.07) is 2.93. The summed E-state index contributed by atoms with van der Waals surface area (Å²) in [6.45, 7) is 1.13. The van der Waals surface area contributed by atoms with Crippen molar-refractivity contribution < 1.29 is 14.3 Å². The van der Waals surface area contributed by atoms with E-state index in [9.17, 15) is 14.3 Å². The monoisotopic (exact) mass is 333 g/mol. The number of aliphatic hydroxyl groups is 1. The van der Waals surface area contributed by atoms with E-state index in [0.717, 1.165) is 6.20 Å². The minimum Gasteiger partial charge on any atom is -0.386 e. The lowest BCUT2D eigenvalue weighted by atomic mass is 10.0. The number of pyridine rings is 1. The molecule has 3 heterocycles. The number of amides is 1. The number of nitrogens with zero attached hydrogens (tertiary/aromatic N) is 5. The van der Waals surface area contributed by atoms with Gasteiger partial charge >= 0.3 is 0 Å². The second-order valence-electron chi connectivity index (χ2n) is 6.32. The minimum absolute atomic E-state index is 0.195. The van der Waals surface area contributed by atoms with Gasteiger partial charge in [-0.05, 0) is 18.6 Å². The summed E-state index contributed by atoms with van der Waals surface area (Å²) in [5, 5.41) is 10.8. The highest BCUT2D eigenvalue weighted by Crippen LogP contribution is 2.26. The highest BCUT2D eigenvalue weighted by atomic mass is 19.1. The Balaban J connectivity index is 1.64. The van der Waals surface area contributed by atoms with Gasteiger partial charge in [0.25, 0.3) is 5.91 Å². The summed E-state index contributed by atoms with van der Waals surface area (Å²) < 4.78 is 14.7. The Labute approximate surface area is 139 Å². The van der Waals surface area contributed by atoms with E-state index >= 15 is 0 Å². The molecule has 1 amide bonds. The summed E-state index contributed by atoms with van der Waals surface area (Å²) in [4.78, 5) is 23.8. The first-order valence-electron chi connectivity index (χ1n) is 7.69. The van der Waals surface area contributed by atoms with Gasteiger partial charge < -0.3 is 19.5 Å². The van der Waals surface area contributed by atoms with Crippen molar-refractivity contribution in [2.45, 2.75) is 12.0 Å². The number of β-amino-alcohol motifs (C(OH)–C–C–N with tert-alkyl or cyclic N) is 1. The molecule has 0 spiro atoms. The largest absolute Gasteiger partial charge is 0.386 e. The molecule has 3 rings (SSSR count). The average molecular weight is 333 g/mol. The lowest BCUT2D eigenvalue weighted by molar-refractivity contribution is 0.0262. The maximum atomic E-state index is 13.0. The summed E-state index contributed by atoms with van der Waals surface area (Å²) >= 11 is 0. The molecule has 0 unspecified atom stereocenters. The number of anilines is 1. The predicted octanol–water partition coefficient (Wildman–Crippen LogP) is 0.668. The summed E-state index contributed by atoms with van der Waals surface area (Å²) in [5.41, 5.74) is -0.687. The van der Waals surface area contributed by atoms with Gasteiger partial charge in [0, 0.05) is 33.4 Å². The Hall–Kier alpha value is -2.48. The molecule has 24 heavy (non-hydrogen) atoms. The molecule has 128 valence electrons. The summed E-state index contributed by atoms with van der Waals surface area (Å²) in [5.74, 6) is -0.0117. The van der Waals surface area contributed by atoms with E-state index in [-0.39, 0.29) is 12.5 Å². The topological polar surface area (TPSA) is 74.5 Å². The van der Waals surface area contributed by atoms with Gasteiger partial charge in [0.15, 0.2) is 0 Å². The number of aryl methyl sites for hydroxylation is 1. The molecule has 1 saturated heterocycles. The standard InChI is InChI=1S/C16H20FN5O2/c1-20-8-13(19-11-20)15(23)21(2)9-16(24)5-6-22(10-16)14-4-3-12(17)7-18-14/h3-4,7-8,11,24H,5-6,9-10H2,1-2H3/t16-/m1/s1. The van der Waals surface area contributed by atoms with Crippen molar-refractivity contribution >= 4 is 11.7 Å². The van der Waals surface area contributed by atoms with Crippen LogP contribution in [0.15, 0.2) is 30.9 Å². The van der Waals surface area contributed by atoms with Crippen LogP contribution in [0.2, 0.25) is 0 Å². The Morgan fingerprint density at radius 1 is 1.46 bits per heavy atom. The number of aromatic nitrogens is 3. The first-order chi connectivity index (χ1) is 11.4. The molecular weight excluding hydrogens is 313 g/mol. The maximum absolute atomic E-state index is 13.0. The number of hydrogen-bond donors (Lipinski definition) is 1. The van der Waals surface area contributed by atoms with Gasteiger partial charge in [-0.1, -0.05) is 0 Å². The average Bonchev–Trinajstić information content (AvgIpc) is 3.14. The van der Waals surface area contributed by atoms with E-state index in [2.05, 4.69) is 9.97 Å². The Morgan fingerprint density at radius 3 is 2.88 bits per heavy atom. The van der Waals surface area contributed by atoms with Crippen molar-refractivity contribution in [1.29, 1.82) is 0 Å². The van der Waals surface area contributed by atoms with Gasteiger partial charge in [0.2, 0.25) is 0 Å². The molecule has 8 heteroatoms. The lowest BCUT2D eigenvalue weighted by Crippen LogP contribution is -2.46. The third kappa shape index (κ3) is 3.38. The number of carbonyl (C=O) groups is 1. The molecular formula is C16H20FN5O2.